The Labute approximate surface area is 189 Å². The fourth-order valence-corrected chi connectivity index (χ4v) is 4.13. The molecule has 2 aromatic carbocycles. The van der Waals surface area contributed by atoms with Crippen molar-refractivity contribution in [3.8, 4) is 11.4 Å². The van der Waals surface area contributed by atoms with Crippen molar-refractivity contribution in [2.75, 3.05) is 5.32 Å². The number of imidazole rings is 1. The number of aryl methyl sites for hydroxylation is 1. The molecule has 2 amide bonds. The van der Waals surface area contributed by atoms with E-state index in [4.69, 9.17) is 0 Å². The van der Waals surface area contributed by atoms with Gasteiger partial charge in [0.25, 0.3) is 0 Å². The zero-order valence-electron chi connectivity index (χ0n) is 18.7. The van der Waals surface area contributed by atoms with Crippen molar-refractivity contribution >= 4 is 17.5 Å². The second kappa shape index (κ2) is 9.81. The molecule has 0 bridgehead atoms. The van der Waals surface area contributed by atoms with Crippen molar-refractivity contribution in [3.05, 3.63) is 72.1 Å². The molecule has 6 nitrogen and oxygen atoms in total. The number of benzene rings is 2. The molecule has 0 aliphatic carbocycles. The highest BCUT2D eigenvalue weighted by Gasteiger charge is 2.24. The van der Waals surface area contributed by atoms with E-state index in [0.29, 0.717) is 5.69 Å². The number of aromatic nitrogens is 2. The molecule has 0 radical (unpaired) electrons. The Bertz CT molecular complexity index is 1070. The quantitative estimate of drug-likeness (QED) is 0.590. The van der Waals surface area contributed by atoms with Crippen LogP contribution in [0.3, 0.4) is 0 Å². The third-order valence-corrected chi connectivity index (χ3v) is 5.89. The van der Waals surface area contributed by atoms with E-state index in [2.05, 4.69) is 20.2 Å². The summed E-state index contributed by atoms with van der Waals surface area (Å²) in [5.41, 5.74) is 3.94. The second-order valence-corrected chi connectivity index (χ2v) is 8.70. The summed E-state index contributed by atoms with van der Waals surface area (Å²) in [4.78, 5) is 30.0. The molecule has 1 aliphatic heterocycles. The minimum Gasteiger partial charge on any atom is -0.344 e. The third-order valence-electron chi connectivity index (χ3n) is 5.89. The van der Waals surface area contributed by atoms with Gasteiger partial charge in [0.05, 0.1) is 6.42 Å². The first-order valence-corrected chi connectivity index (χ1v) is 11.3. The maximum absolute atomic E-state index is 12.9. The van der Waals surface area contributed by atoms with E-state index in [1.165, 1.54) is 18.5 Å². The molecular weight excluding hydrogens is 400 g/mol. The van der Waals surface area contributed by atoms with Crippen LogP contribution in [0.1, 0.15) is 37.9 Å². The summed E-state index contributed by atoms with van der Waals surface area (Å²) in [7, 11) is 0. The standard InChI is InChI=1S/C26H30N4O2/c1-18(2)24(29-23(31)16-19-8-4-3-5-9-19)26(32)28-21-13-11-20(12-14-21)25-27-17-22-10-6-7-15-30(22)25/h3-5,8-9,11-14,17-18,24H,6-7,10,15-16H2,1-2H3,(H,28,32)(H,29,31). The van der Waals surface area contributed by atoms with Crippen LogP contribution in [0.15, 0.2) is 60.8 Å². The molecule has 3 aromatic rings. The lowest BCUT2D eigenvalue weighted by atomic mass is 10.0. The molecule has 0 saturated heterocycles. The van der Waals surface area contributed by atoms with Gasteiger partial charge in [-0.1, -0.05) is 44.2 Å². The minimum absolute atomic E-state index is 0.0366. The van der Waals surface area contributed by atoms with Gasteiger partial charge in [-0.15, -0.1) is 0 Å². The lowest BCUT2D eigenvalue weighted by Gasteiger charge is -2.22. The predicted molar refractivity (Wildman–Crippen MR) is 126 cm³/mol. The van der Waals surface area contributed by atoms with Gasteiger partial charge in [-0.05, 0) is 55.0 Å². The molecule has 6 heteroatoms. The van der Waals surface area contributed by atoms with Crippen LogP contribution in [0.5, 0.6) is 0 Å². The molecule has 1 aliphatic rings. The van der Waals surface area contributed by atoms with Crippen molar-refractivity contribution in [2.45, 2.75) is 52.1 Å². The first-order valence-electron chi connectivity index (χ1n) is 11.3. The Kier molecular flexibility index (Phi) is 6.69. The van der Waals surface area contributed by atoms with Gasteiger partial charge >= 0.3 is 0 Å². The molecule has 1 unspecified atom stereocenters. The highest BCUT2D eigenvalue weighted by molar-refractivity contribution is 5.97. The number of nitrogens with one attached hydrogen (secondary N) is 2. The van der Waals surface area contributed by atoms with Gasteiger partial charge in [-0.3, -0.25) is 9.59 Å². The fraction of sp³-hybridized carbons (Fsp3) is 0.346. The van der Waals surface area contributed by atoms with Gasteiger partial charge in [0.15, 0.2) is 0 Å². The molecule has 0 saturated carbocycles. The van der Waals surface area contributed by atoms with Crippen LogP contribution in [0.2, 0.25) is 0 Å². The van der Waals surface area contributed by atoms with Gasteiger partial charge in [-0.2, -0.15) is 0 Å². The summed E-state index contributed by atoms with van der Waals surface area (Å²) in [6, 6.07) is 16.7. The number of nitrogens with zero attached hydrogens (tertiary/aromatic N) is 2. The number of hydrogen-bond donors (Lipinski definition) is 2. The molecule has 0 spiro atoms. The predicted octanol–water partition coefficient (Wildman–Crippen LogP) is 4.21. The van der Waals surface area contributed by atoms with Crippen LogP contribution in [-0.4, -0.2) is 27.4 Å². The van der Waals surface area contributed by atoms with E-state index < -0.39 is 6.04 Å². The Hall–Kier alpha value is -3.41. The molecule has 32 heavy (non-hydrogen) atoms. The first-order chi connectivity index (χ1) is 15.5. The van der Waals surface area contributed by atoms with Crippen LogP contribution >= 0.6 is 0 Å². The van der Waals surface area contributed by atoms with Crippen molar-refractivity contribution in [1.82, 2.24) is 14.9 Å². The average molecular weight is 431 g/mol. The SMILES string of the molecule is CC(C)C(NC(=O)Cc1ccccc1)C(=O)Nc1ccc(-c2ncc3n2CCCC3)cc1. The molecular formula is C26H30N4O2. The first kappa shape index (κ1) is 21.8. The maximum Gasteiger partial charge on any atom is 0.247 e. The van der Waals surface area contributed by atoms with E-state index in [1.807, 2.05) is 74.6 Å². The van der Waals surface area contributed by atoms with Crippen LogP contribution in [0.4, 0.5) is 5.69 Å². The zero-order chi connectivity index (χ0) is 22.5. The lowest BCUT2D eigenvalue weighted by Crippen LogP contribution is -2.47. The third kappa shape index (κ3) is 5.07. The van der Waals surface area contributed by atoms with Crippen LogP contribution in [-0.2, 0) is 29.0 Å². The van der Waals surface area contributed by atoms with Gasteiger partial charge < -0.3 is 15.2 Å². The van der Waals surface area contributed by atoms with Crippen LogP contribution in [0, 0.1) is 5.92 Å². The van der Waals surface area contributed by atoms with Crippen LogP contribution in [0.25, 0.3) is 11.4 Å². The Morgan fingerprint density at radius 1 is 1.03 bits per heavy atom. The maximum atomic E-state index is 12.9. The smallest absolute Gasteiger partial charge is 0.247 e. The van der Waals surface area contributed by atoms with Crippen molar-refractivity contribution in [3.63, 3.8) is 0 Å². The number of carbonyl (C=O) groups excluding carboxylic acids is 2. The average Bonchev–Trinajstić information content (AvgIpc) is 3.22. The number of fused-ring (bicyclic) bond motifs is 1. The fourth-order valence-electron chi connectivity index (χ4n) is 4.13. The molecule has 0 fully saturated rings. The highest BCUT2D eigenvalue weighted by Crippen LogP contribution is 2.25. The molecule has 2 N–H and O–H groups in total. The van der Waals surface area contributed by atoms with E-state index in [-0.39, 0.29) is 24.2 Å². The molecule has 1 atom stereocenters. The van der Waals surface area contributed by atoms with Gasteiger partial charge in [0.2, 0.25) is 11.8 Å². The molecule has 4 rings (SSSR count). The zero-order valence-corrected chi connectivity index (χ0v) is 18.7. The molecule has 2 heterocycles. The number of anilines is 1. The second-order valence-electron chi connectivity index (χ2n) is 8.70. The molecule has 166 valence electrons. The van der Waals surface area contributed by atoms with E-state index >= 15 is 0 Å². The minimum atomic E-state index is -0.606. The van der Waals surface area contributed by atoms with Gasteiger partial charge in [-0.25, -0.2) is 4.98 Å². The van der Waals surface area contributed by atoms with Gasteiger partial charge in [0.1, 0.15) is 11.9 Å². The monoisotopic (exact) mass is 430 g/mol. The Morgan fingerprint density at radius 2 is 1.78 bits per heavy atom. The number of carbonyl (C=O) groups is 2. The number of amides is 2. The summed E-state index contributed by atoms with van der Waals surface area (Å²) < 4.78 is 2.29. The summed E-state index contributed by atoms with van der Waals surface area (Å²) in [5.74, 6) is 0.563. The van der Waals surface area contributed by atoms with E-state index in [0.717, 1.165) is 29.9 Å². The Balaban J connectivity index is 1.40. The molecule has 1 aromatic heterocycles. The van der Waals surface area contributed by atoms with Crippen LogP contribution < -0.4 is 10.6 Å². The topological polar surface area (TPSA) is 76.0 Å². The van der Waals surface area contributed by atoms with Gasteiger partial charge in [0, 0.05) is 29.7 Å². The normalized spacial score (nSPS) is 14.0. The Morgan fingerprint density at radius 3 is 2.50 bits per heavy atom. The van der Waals surface area contributed by atoms with E-state index in [9.17, 15) is 9.59 Å². The number of rotatable bonds is 7. The summed E-state index contributed by atoms with van der Waals surface area (Å²) in [6.07, 6.45) is 5.69. The number of hydrogen-bond acceptors (Lipinski definition) is 3. The largest absolute Gasteiger partial charge is 0.344 e. The van der Waals surface area contributed by atoms with Crippen molar-refractivity contribution in [1.29, 1.82) is 0 Å². The summed E-state index contributed by atoms with van der Waals surface area (Å²) in [5, 5.41) is 5.84. The van der Waals surface area contributed by atoms with E-state index in [1.54, 1.807) is 0 Å². The summed E-state index contributed by atoms with van der Waals surface area (Å²) >= 11 is 0. The van der Waals surface area contributed by atoms with Crippen molar-refractivity contribution in [2.24, 2.45) is 5.92 Å². The lowest BCUT2D eigenvalue weighted by molar-refractivity contribution is -0.127. The van der Waals surface area contributed by atoms with Crippen molar-refractivity contribution < 1.29 is 9.59 Å². The summed E-state index contributed by atoms with van der Waals surface area (Å²) in [6.45, 7) is 4.86. The highest BCUT2D eigenvalue weighted by atomic mass is 16.2.